The Balaban J connectivity index is 1.55. The van der Waals surface area contributed by atoms with Crippen molar-refractivity contribution in [2.24, 2.45) is 0 Å². The van der Waals surface area contributed by atoms with Gasteiger partial charge in [-0.3, -0.25) is 19.3 Å². The highest BCUT2D eigenvalue weighted by atomic mass is 35.5. The summed E-state index contributed by atoms with van der Waals surface area (Å²) in [4.78, 5) is 53.3. The number of carbonyl (C=O) groups is 4. The third-order valence-electron chi connectivity index (χ3n) is 5.41. The van der Waals surface area contributed by atoms with Crippen molar-refractivity contribution in [2.75, 3.05) is 23.9 Å². The molecule has 2 aliphatic heterocycles. The molecule has 4 rings (SSSR count). The minimum Gasteiger partial charge on any atom is -0.452 e. The standard InChI is InChI=1S/C21H17ClFN3O5/c1-25-19(29)13-4-2-3-5-16(13)26-18(28)8-9-21(25,26)20(30)31-11-17(27)24-15-7-6-12(23)10-14(15)22/h2-7,10H,8-9,11H2,1H3,(H,24,27)/t21-/m1/s1. The first-order valence-corrected chi connectivity index (χ1v) is 9.76. The molecule has 31 heavy (non-hydrogen) atoms. The minimum atomic E-state index is -1.67. The van der Waals surface area contributed by atoms with Crippen LogP contribution in [0.4, 0.5) is 15.8 Å². The van der Waals surface area contributed by atoms with E-state index in [0.29, 0.717) is 11.3 Å². The van der Waals surface area contributed by atoms with Gasteiger partial charge in [0, 0.05) is 19.9 Å². The van der Waals surface area contributed by atoms with Crippen molar-refractivity contribution in [2.45, 2.75) is 18.5 Å². The molecule has 0 saturated carbocycles. The maximum atomic E-state index is 13.1. The average Bonchev–Trinajstić information content (AvgIpc) is 3.11. The third-order valence-corrected chi connectivity index (χ3v) is 5.72. The van der Waals surface area contributed by atoms with Crippen LogP contribution >= 0.6 is 11.6 Å². The van der Waals surface area contributed by atoms with E-state index in [1.807, 2.05) is 0 Å². The number of hydrogen-bond donors (Lipinski definition) is 1. The first-order chi connectivity index (χ1) is 14.8. The summed E-state index contributed by atoms with van der Waals surface area (Å²) in [5.74, 6) is -2.93. The van der Waals surface area contributed by atoms with E-state index < -0.39 is 35.9 Å². The lowest BCUT2D eigenvalue weighted by Gasteiger charge is -2.46. The Morgan fingerprint density at radius 1 is 1.23 bits per heavy atom. The van der Waals surface area contributed by atoms with Crippen molar-refractivity contribution in [3.8, 4) is 0 Å². The number of para-hydroxylation sites is 1. The van der Waals surface area contributed by atoms with Gasteiger partial charge in [-0.05, 0) is 30.3 Å². The summed E-state index contributed by atoms with van der Waals surface area (Å²) in [6.07, 6.45) is 0.0745. The number of carbonyl (C=O) groups excluding carboxylic acids is 4. The number of fused-ring (bicyclic) bond motifs is 3. The van der Waals surface area contributed by atoms with Crippen LogP contribution in [0.1, 0.15) is 23.2 Å². The van der Waals surface area contributed by atoms with E-state index in [1.54, 1.807) is 24.3 Å². The fraction of sp³-hybridized carbons (Fsp3) is 0.238. The van der Waals surface area contributed by atoms with Crippen LogP contribution in [0.3, 0.4) is 0 Å². The predicted octanol–water partition coefficient (Wildman–Crippen LogP) is 2.57. The topological polar surface area (TPSA) is 96.0 Å². The molecule has 1 atom stereocenters. The Bertz CT molecular complexity index is 1120. The van der Waals surface area contributed by atoms with Crippen LogP contribution < -0.4 is 10.2 Å². The molecule has 2 heterocycles. The second-order valence-electron chi connectivity index (χ2n) is 7.18. The quantitative estimate of drug-likeness (QED) is 0.730. The Morgan fingerprint density at radius 3 is 2.71 bits per heavy atom. The van der Waals surface area contributed by atoms with Gasteiger partial charge >= 0.3 is 5.97 Å². The van der Waals surface area contributed by atoms with Crippen LogP contribution in [-0.4, -0.2) is 47.9 Å². The van der Waals surface area contributed by atoms with E-state index in [9.17, 15) is 23.6 Å². The molecule has 2 aliphatic rings. The summed E-state index contributed by atoms with van der Waals surface area (Å²) in [5.41, 5.74) is -0.894. The van der Waals surface area contributed by atoms with E-state index in [4.69, 9.17) is 16.3 Å². The molecule has 0 radical (unpaired) electrons. The Morgan fingerprint density at radius 2 is 1.97 bits per heavy atom. The zero-order valence-corrected chi connectivity index (χ0v) is 17.1. The highest BCUT2D eigenvalue weighted by molar-refractivity contribution is 6.33. The summed E-state index contributed by atoms with van der Waals surface area (Å²) in [7, 11) is 1.42. The van der Waals surface area contributed by atoms with Crippen molar-refractivity contribution in [3.05, 3.63) is 58.9 Å². The molecular formula is C21H17ClFN3O5. The van der Waals surface area contributed by atoms with Crippen molar-refractivity contribution in [1.82, 2.24) is 4.90 Å². The fourth-order valence-corrected chi connectivity index (χ4v) is 4.13. The Hall–Kier alpha value is -3.46. The van der Waals surface area contributed by atoms with Crippen molar-refractivity contribution < 1.29 is 28.3 Å². The normalized spacial score (nSPS) is 19.7. The number of hydrogen-bond acceptors (Lipinski definition) is 5. The van der Waals surface area contributed by atoms with Gasteiger partial charge in [-0.1, -0.05) is 23.7 Å². The molecule has 0 aliphatic carbocycles. The zero-order chi connectivity index (χ0) is 22.3. The fourth-order valence-electron chi connectivity index (χ4n) is 3.91. The van der Waals surface area contributed by atoms with Crippen LogP contribution in [-0.2, 0) is 19.1 Å². The smallest absolute Gasteiger partial charge is 0.354 e. The van der Waals surface area contributed by atoms with Crippen molar-refractivity contribution >= 4 is 46.7 Å². The van der Waals surface area contributed by atoms with Crippen LogP contribution in [0.5, 0.6) is 0 Å². The molecule has 10 heteroatoms. The number of anilines is 2. The number of rotatable bonds is 4. The van der Waals surface area contributed by atoms with Crippen molar-refractivity contribution in [3.63, 3.8) is 0 Å². The molecule has 0 unspecified atom stereocenters. The number of nitrogens with one attached hydrogen (secondary N) is 1. The molecule has 1 N–H and O–H groups in total. The molecule has 2 aromatic carbocycles. The van der Waals surface area contributed by atoms with Crippen molar-refractivity contribution in [1.29, 1.82) is 0 Å². The van der Waals surface area contributed by atoms with Gasteiger partial charge < -0.3 is 15.0 Å². The first kappa shape index (κ1) is 20.8. The van der Waals surface area contributed by atoms with E-state index >= 15 is 0 Å². The number of ether oxygens (including phenoxy) is 1. The first-order valence-electron chi connectivity index (χ1n) is 9.38. The zero-order valence-electron chi connectivity index (χ0n) is 16.4. The van der Waals surface area contributed by atoms with Gasteiger partial charge in [0.25, 0.3) is 11.8 Å². The second kappa shape index (κ2) is 7.66. The van der Waals surface area contributed by atoms with E-state index in [-0.39, 0.29) is 29.5 Å². The SMILES string of the molecule is CN1C(=O)c2ccccc2N2C(=O)CC[C@@]12C(=O)OCC(=O)Nc1ccc(F)cc1Cl. The molecule has 8 nitrogen and oxygen atoms in total. The number of nitrogens with zero attached hydrogens (tertiary/aromatic N) is 2. The molecule has 0 bridgehead atoms. The van der Waals surface area contributed by atoms with Crippen LogP contribution in [0.25, 0.3) is 0 Å². The molecule has 3 amide bonds. The van der Waals surface area contributed by atoms with Crippen LogP contribution in [0, 0.1) is 5.82 Å². The second-order valence-corrected chi connectivity index (χ2v) is 7.58. The van der Waals surface area contributed by atoms with E-state index in [2.05, 4.69) is 5.32 Å². The van der Waals surface area contributed by atoms with Gasteiger partial charge in [0.15, 0.2) is 6.61 Å². The lowest BCUT2D eigenvalue weighted by Crippen LogP contribution is -2.67. The summed E-state index contributed by atoms with van der Waals surface area (Å²) < 4.78 is 18.4. The Kier molecular flexibility index (Phi) is 5.14. The molecule has 0 aromatic heterocycles. The van der Waals surface area contributed by atoms with Gasteiger partial charge in [-0.15, -0.1) is 0 Å². The number of halogens is 2. The van der Waals surface area contributed by atoms with Crippen LogP contribution in [0.2, 0.25) is 5.02 Å². The summed E-state index contributed by atoms with van der Waals surface area (Å²) in [5, 5.41) is 2.41. The summed E-state index contributed by atoms with van der Waals surface area (Å²) in [6.45, 7) is -0.681. The number of esters is 1. The lowest BCUT2D eigenvalue weighted by atomic mass is 9.97. The maximum absolute atomic E-state index is 13.1. The molecule has 1 fully saturated rings. The van der Waals surface area contributed by atoms with Gasteiger partial charge in [-0.2, -0.15) is 0 Å². The molecular weight excluding hydrogens is 429 g/mol. The van der Waals surface area contributed by atoms with Gasteiger partial charge in [0.1, 0.15) is 5.82 Å². The summed E-state index contributed by atoms with van der Waals surface area (Å²) in [6, 6.07) is 9.93. The van der Waals surface area contributed by atoms with Gasteiger partial charge in [0.05, 0.1) is 22.0 Å². The molecule has 0 spiro atoms. The largest absolute Gasteiger partial charge is 0.452 e. The lowest BCUT2D eigenvalue weighted by molar-refractivity contribution is -0.158. The van der Waals surface area contributed by atoms with E-state index in [1.165, 1.54) is 22.9 Å². The number of likely N-dealkylation sites (N-methyl/N-ethyl adjacent to an activating group) is 1. The number of amides is 3. The minimum absolute atomic E-state index is 0.0138. The monoisotopic (exact) mass is 445 g/mol. The van der Waals surface area contributed by atoms with Gasteiger partial charge in [-0.25, -0.2) is 9.18 Å². The summed E-state index contributed by atoms with van der Waals surface area (Å²) >= 11 is 5.88. The Labute approximate surface area is 181 Å². The van der Waals surface area contributed by atoms with E-state index in [0.717, 1.165) is 12.1 Å². The molecule has 160 valence electrons. The molecule has 1 saturated heterocycles. The maximum Gasteiger partial charge on any atom is 0.354 e. The third kappa shape index (κ3) is 3.31. The number of benzene rings is 2. The highest BCUT2D eigenvalue weighted by Crippen LogP contribution is 2.44. The van der Waals surface area contributed by atoms with Gasteiger partial charge in [0.2, 0.25) is 11.6 Å². The predicted molar refractivity (Wildman–Crippen MR) is 109 cm³/mol. The molecule has 2 aromatic rings. The van der Waals surface area contributed by atoms with Crippen LogP contribution in [0.15, 0.2) is 42.5 Å². The highest BCUT2D eigenvalue weighted by Gasteiger charge is 2.60. The average molecular weight is 446 g/mol.